The van der Waals surface area contributed by atoms with Crippen LogP contribution in [0.5, 0.6) is 0 Å². The normalized spacial score (nSPS) is 14.9. The number of aromatic nitrogens is 1. The van der Waals surface area contributed by atoms with Gasteiger partial charge in [0, 0.05) is 43.7 Å². The Balaban J connectivity index is 1.63. The predicted molar refractivity (Wildman–Crippen MR) is 91.8 cm³/mol. The zero-order chi connectivity index (χ0) is 17.1. The van der Waals surface area contributed by atoms with E-state index in [2.05, 4.69) is 4.98 Å². The number of carbonyl (C=O) groups excluding carboxylic acids is 2. The summed E-state index contributed by atoms with van der Waals surface area (Å²) >= 11 is 0. The second-order valence-electron chi connectivity index (χ2n) is 6.23. The van der Waals surface area contributed by atoms with Crippen molar-refractivity contribution in [2.24, 2.45) is 0 Å². The summed E-state index contributed by atoms with van der Waals surface area (Å²) in [4.78, 5) is 41.1. The molecule has 0 radical (unpaired) electrons. The number of hydrogen-bond acceptors (Lipinski definition) is 3. The van der Waals surface area contributed by atoms with E-state index in [1.165, 1.54) is 0 Å². The van der Waals surface area contributed by atoms with Crippen LogP contribution < -0.4 is 5.56 Å². The van der Waals surface area contributed by atoms with Crippen LogP contribution in [-0.2, 0) is 16.0 Å². The molecule has 6 heteroatoms. The molecular formula is C18H21N3O3. The van der Waals surface area contributed by atoms with E-state index in [0.29, 0.717) is 44.6 Å². The highest BCUT2D eigenvalue weighted by atomic mass is 16.2. The van der Waals surface area contributed by atoms with Gasteiger partial charge in [-0.1, -0.05) is 12.1 Å². The summed E-state index contributed by atoms with van der Waals surface area (Å²) in [6.45, 7) is 4.19. The fourth-order valence-corrected chi connectivity index (χ4v) is 3.00. The van der Waals surface area contributed by atoms with Crippen molar-refractivity contribution in [3.63, 3.8) is 0 Å². The van der Waals surface area contributed by atoms with Crippen LogP contribution in [0.1, 0.15) is 17.5 Å². The van der Waals surface area contributed by atoms with Gasteiger partial charge in [0.2, 0.25) is 12.3 Å². The van der Waals surface area contributed by atoms with Gasteiger partial charge in [-0.3, -0.25) is 14.4 Å². The molecular weight excluding hydrogens is 306 g/mol. The van der Waals surface area contributed by atoms with Crippen LogP contribution >= 0.6 is 0 Å². The molecule has 0 atom stereocenters. The van der Waals surface area contributed by atoms with Gasteiger partial charge in [0.1, 0.15) is 0 Å². The number of rotatable bonds is 4. The molecule has 24 heavy (non-hydrogen) atoms. The summed E-state index contributed by atoms with van der Waals surface area (Å²) in [7, 11) is 0. The minimum atomic E-state index is -0.0798. The standard InChI is InChI=1S/C18H21N3O3/c1-13-10-15-4-2-14(11-16(15)19-18(13)24)3-5-17(23)21-8-6-20(12-22)7-9-21/h2,4,10-12H,3,5-9H2,1H3,(H,19,24). The molecule has 1 aromatic heterocycles. The van der Waals surface area contributed by atoms with Gasteiger partial charge >= 0.3 is 0 Å². The van der Waals surface area contributed by atoms with Gasteiger partial charge < -0.3 is 14.8 Å². The molecule has 0 spiro atoms. The van der Waals surface area contributed by atoms with E-state index in [1.807, 2.05) is 29.2 Å². The largest absolute Gasteiger partial charge is 0.342 e. The smallest absolute Gasteiger partial charge is 0.251 e. The quantitative estimate of drug-likeness (QED) is 0.854. The maximum absolute atomic E-state index is 12.3. The first kappa shape index (κ1) is 16.2. The number of hydrogen-bond donors (Lipinski definition) is 1. The van der Waals surface area contributed by atoms with Crippen molar-refractivity contribution in [1.82, 2.24) is 14.8 Å². The lowest BCUT2D eigenvalue weighted by molar-refractivity contribution is -0.135. The van der Waals surface area contributed by atoms with Crippen molar-refractivity contribution >= 4 is 23.2 Å². The van der Waals surface area contributed by atoms with Crippen LogP contribution in [0, 0.1) is 6.92 Å². The average molecular weight is 327 g/mol. The Morgan fingerprint density at radius 1 is 1.21 bits per heavy atom. The number of nitrogens with zero attached hydrogens (tertiary/aromatic N) is 2. The summed E-state index contributed by atoms with van der Waals surface area (Å²) < 4.78 is 0. The Bertz CT molecular complexity index is 820. The number of fused-ring (bicyclic) bond motifs is 1. The number of piperazine rings is 1. The molecule has 3 rings (SSSR count). The molecule has 1 saturated heterocycles. The molecule has 6 nitrogen and oxygen atoms in total. The van der Waals surface area contributed by atoms with Crippen molar-refractivity contribution in [1.29, 1.82) is 0 Å². The molecule has 0 saturated carbocycles. The van der Waals surface area contributed by atoms with Gasteiger partial charge in [-0.2, -0.15) is 0 Å². The Morgan fingerprint density at radius 2 is 1.96 bits per heavy atom. The third-order valence-electron chi connectivity index (χ3n) is 4.54. The zero-order valence-electron chi connectivity index (χ0n) is 13.7. The van der Waals surface area contributed by atoms with Crippen molar-refractivity contribution in [3.8, 4) is 0 Å². The van der Waals surface area contributed by atoms with E-state index in [0.717, 1.165) is 22.9 Å². The second-order valence-corrected chi connectivity index (χ2v) is 6.23. The van der Waals surface area contributed by atoms with Crippen LogP contribution in [0.4, 0.5) is 0 Å². The van der Waals surface area contributed by atoms with Crippen LogP contribution in [0.15, 0.2) is 29.1 Å². The van der Waals surface area contributed by atoms with Gasteiger partial charge in [-0.05, 0) is 36.4 Å². The van der Waals surface area contributed by atoms with Crippen molar-refractivity contribution in [2.75, 3.05) is 26.2 Å². The van der Waals surface area contributed by atoms with E-state index in [4.69, 9.17) is 0 Å². The third kappa shape index (κ3) is 3.48. The van der Waals surface area contributed by atoms with Crippen LogP contribution in [-0.4, -0.2) is 53.3 Å². The molecule has 2 amide bonds. The van der Waals surface area contributed by atoms with Crippen LogP contribution in [0.3, 0.4) is 0 Å². The fraction of sp³-hybridized carbons (Fsp3) is 0.389. The first-order valence-corrected chi connectivity index (χ1v) is 8.16. The minimum absolute atomic E-state index is 0.0798. The molecule has 1 aliphatic rings. The maximum atomic E-state index is 12.3. The van der Waals surface area contributed by atoms with Crippen LogP contribution in [0.2, 0.25) is 0 Å². The number of benzene rings is 1. The SMILES string of the molecule is Cc1cc2ccc(CCC(=O)N3CCN(C=O)CC3)cc2[nH]c1=O. The number of H-pyrrole nitrogens is 1. The van der Waals surface area contributed by atoms with E-state index in [-0.39, 0.29) is 11.5 Å². The molecule has 0 unspecified atom stereocenters. The summed E-state index contributed by atoms with van der Waals surface area (Å²) in [6, 6.07) is 7.78. The highest BCUT2D eigenvalue weighted by molar-refractivity contribution is 5.80. The summed E-state index contributed by atoms with van der Waals surface area (Å²) in [6.07, 6.45) is 1.90. The number of pyridine rings is 1. The lowest BCUT2D eigenvalue weighted by atomic mass is 10.1. The summed E-state index contributed by atoms with van der Waals surface area (Å²) in [5.41, 5.74) is 2.45. The average Bonchev–Trinajstić information content (AvgIpc) is 2.60. The van der Waals surface area contributed by atoms with Crippen molar-refractivity contribution in [3.05, 3.63) is 45.7 Å². The number of carbonyl (C=O) groups is 2. The number of aromatic amines is 1. The summed E-state index contributed by atoms with van der Waals surface area (Å²) in [5, 5.41) is 0.993. The van der Waals surface area contributed by atoms with Crippen molar-refractivity contribution in [2.45, 2.75) is 19.8 Å². The molecule has 1 N–H and O–H groups in total. The van der Waals surface area contributed by atoms with Gasteiger partial charge in [0.05, 0.1) is 0 Å². The van der Waals surface area contributed by atoms with Gasteiger partial charge in [0.25, 0.3) is 5.56 Å². The number of nitrogens with one attached hydrogen (secondary N) is 1. The molecule has 1 aliphatic heterocycles. The number of amides is 2. The molecule has 0 bridgehead atoms. The summed E-state index contributed by atoms with van der Waals surface area (Å²) in [5.74, 6) is 0.109. The maximum Gasteiger partial charge on any atom is 0.251 e. The molecule has 2 aromatic rings. The minimum Gasteiger partial charge on any atom is -0.342 e. The Hall–Kier alpha value is -2.63. The Labute approximate surface area is 140 Å². The van der Waals surface area contributed by atoms with Gasteiger partial charge in [-0.25, -0.2) is 0 Å². The lowest BCUT2D eigenvalue weighted by Gasteiger charge is -2.32. The van der Waals surface area contributed by atoms with E-state index in [9.17, 15) is 14.4 Å². The van der Waals surface area contributed by atoms with Crippen LogP contribution in [0.25, 0.3) is 10.9 Å². The van der Waals surface area contributed by atoms with E-state index >= 15 is 0 Å². The highest BCUT2D eigenvalue weighted by Crippen LogP contribution is 2.15. The van der Waals surface area contributed by atoms with E-state index in [1.54, 1.807) is 11.8 Å². The first-order valence-electron chi connectivity index (χ1n) is 8.16. The third-order valence-corrected chi connectivity index (χ3v) is 4.54. The topological polar surface area (TPSA) is 73.5 Å². The lowest BCUT2D eigenvalue weighted by Crippen LogP contribution is -2.48. The molecule has 1 fully saturated rings. The second kappa shape index (κ2) is 6.86. The molecule has 2 heterocycles. The van der Waals surface area contributed by atoms with E-state index < -0.39 is 0 Å². The highest BCUT2D eigenvalue weighted by Gasteiger charge is 2.19. The molecule has 1 aromatic carbocycles. The molecule has 126 valence electrons. The molecule has 0 aliphatic carbocycles. The van der Waals surface area contributed by atoms with Crippen molar-refractivity contribution < 1.29 is 9.59 Å². The van der Waals surface area contributed by atoms with Gasteiger partial charge in [-0.15, -0.1) is 0 Å². The Kier molecular flexibility index (Phi) is 4.64. The first-order chi connectivity index (χ1) is 11.6. The Morgan fingerprint density at radius 3 is 2.67 bits per heavy atom. The zero-order valence-corrected chi connectivity index (χ0v) is 13.7. The van der Waals surface area contributed by atoms with Gasteiger partial charge in [0.15, 0.2) is 0 Å². The monoisotopic (exact) mass is 327 g/mol. The fourth-order valence-electron chi connectivity index (χ4n) is 3.00. The number of aryl methyl sites for hydroxylation is 2. The predicted octanol–water partition coefficient (Wildman–Crippen LogP) is 1.07.